The van der Waals surface area contributed by atoms with Gasteiger partial charge < -0.3 is 5.32 Å². The molecule has 0 unspecified atom stereocenters. The molecule has 0 aliphatic heterocycles. The summed E-state index contributed by atoms with van der Waals surface area (Å²) in [7, 11) is 0. The maximum Gasteiger partial charge on any atom is -0.00489 e. The molecule has 1 rings (SSSR count). The van der Waals surface area contributed by atoms with Gasteiger partial charge in [0.25, 0.3) is 0 Å². The first kappa shape index (κ1) is 12.3. The van der Waals surface area contributed by atoms with E-state index in [0.29, 0.717) is 0 Å². The molecule has 0 atom stereocenters. The lowest BCUT2D eigenvalue weighted by Crippen LogP contribution is -2.13. The van der Waals surface area contributed by atoms with Gasteiger partial charge in [0.2, 0.25) is 0 Å². The largest absolute Gasteiger partial charge is 0.317 e. The summed E-state index contributed by atoms with van der Waals surface area (Å²) in [5, 5.41) is 3.36. The molecule has 0 radical (unpaired) electrons. The van der Waals surface area contributed by atoms with E-state index < -0.39 is 0 Å². The van der Waals surface area contributed by atoms with Crippen molar-refractivity contribution < 1.29 is 0 Å². The third kappa shape index (κ3) is 4.48. The van der Waals surface area contributed by atoms with Crippen LogP contribution in [0.1, 0.15) is 36.5 Å². The Hall–Kier alpha value is -0.820. The topological polar surface area (TPSA) is 12.0 Å². The third-order valence-corrected chi connectivity index (χ3v) is 2.89. The zero-order valence-electron chi connectivity index (χ0n) is 10.3. The number of unbranched alkanes of at least 4 members (excludes halogenated alkanes) is 1. The molecule has 0 heterocycles. The van der Waals surface area contributed by atoms with E-state index in [1.807, 2.05) is 0 Å². The molecule has 0 fully saturated rings. The van der Waals surface area contributed by atoms with Crippen LogP contribution in [0.5, 0.6) is 0 Å². The summed E-state index contributed by atoms with van der Waals surface area (Å²) < 4.78 is 0. The van der Waals surface area contributed by atoms with Crippen LogP contribution >= 0.6 is 0 Å². The zero-order valence-corrected chi connectivity index (χ0v) is 10.3. The van der Waals surface area contributed by atoms with Gasteiger partial charge in [-0.2, -0.15) is 0 Å². The second-order valence-corrected chi connectivity index (χ2v) is 4.23. The number of benzene rings is 1. The summed E-state index contributed by atoms with van der Waals surface area (Å²) >= 11 is 0. The molecule has 0 saturated carbocycles. The fourth-order valence-electron chi connectivity index (χ4n) is 1.71. The van der Waals surface area contributed by atoms with Crippen molar-refractivity contribution >= 4 is 0 Å². The molecule has 0 bridgehead atoms. The highest BCUT2D eigenvalue weighted by molar-refractivity contribution is 5.29. The second kappa shape index (κ2) is 6.62. The monoisotopic (exact) mass is 205 g/mol. The van der Waals surface area contributed by atoms with Crippen LogP contribution in [0.4, 0.5) is 0 Å². The van der Waals surface area contributed by atoms with Crippen LogP contribution in [0.15, 0.2) is 18.2 Å². The van der Waals surface area contributed by atoms with E-state index in [4.69, 9.17) is 0 Å². The van der Waals surface area contributed by atoms with Crippen molar-refractivity contribution in [3.05, 3.63) is 34.9 Å². The number of nitrogens with one attached hydrogen (secondary N) is 1. The van der Waals surface area contributed by atoms with Crippen LogP contribution in [-0.4, -0.2) is 13.1 Å². The lowest BCUT2D eigenvalue weighted by atomic mass is 10.0. The van der Waals surface area contributed by atoms with Gasteiger partial charge in [0.15, 0.2) is 0 Å². The van der Waals surface area contributed by atoms with Gasteiger partial charge in [-0.3, -0.25) is 0 Å². The average molecular weight is 205 g/mol. The van der Waals surface area contributed by atoms with Crippen LogP contribution in [0.3, 0.4) is 0 Å². The SMILES string of the molecule is CCNCCCCc1ccc(C)c(C)c1. The van der Waals surface area contributed by atoms with E-state index in [0.717, 1.165) is 13.1 Å². The Morgan fingerprint density at radius 3 is 2.53 bits per heavy atom. The molecule has 0 aliphatic rings. The lowest BCUT2D eigenvalue weighted by Gasteiger charge is -2.05. The van der Waals surface area contributed by atoms with Gasteiger partial charge in [-0.25, -0.2) is 0 Å². The molecule has 1 aromatic rings. The summed E-state index contributed by atoms with van der Waals surface area (Å²) in [5.74, 6) is 0. The molecule has 1 N–H and O–H groups in total. The molecule has 0 spiro atoms. The number of rotatable bonds is 6. The van der Waals surface area contributed by atoms with Crippen LogP contribution in [0.25, 0.3) is 0 Å². The van der Waals surface area contributed by atoms with Crippen LogP contribution < -0.4 is 5.32 Å². The minimum atomic E-state index is 1.09. The Labute approximate surface area is 93.9 Å². The van der Waals surface area contributed by atoms with Crippen molar-refractivity contribution in [2.75, 3.05) is 13.1 Å². The molecule has 0 aliphatic carbocycles. The normalized spacial score (nSPS) is 10.6. The highest BCUT2D eigenvalue weighted by Gasteiger charge is 1.96. The Bertz CT molecular complexity index is 291. The van der Waals surface area contributed by atoms with Crippen molar-refractivity contribution in [2.24, 2.45) is 0 Å². The molecule has 84 valence electrons. The van der Waals surface area contributed by atoms with Crippen LogP contribution in [-0.2, 0) is 6.42 Å². The molecule has 0 aromatic heterocycles. The first-order chi connectivity index (χ1) is 7.24. The van der Waals surface area contributed by atoms with Crippen LogP contribution in [0, 0.1) is 13.8 Å². The highest BCUT2D eigenvalue weighted by atomic mass is 14.8. The first-order valence-corrected chi connectivity index (χ1v) is 6.01. The van der Waals surface area contributed by atoms with E-state index in [2.05, 4.69) is 44.3 Å². The fraction of sp³-hybridized carbons (Fsp3) is 0.571. The Morgan fingerprint density at radius 1 is 1.07 bits per heavy atom. The summed E-state index contributed by atoms with van der Waals surface area (Å²) in [5.41, 5.74) is 4.29. The van der Waals surface area contributed by atoms with Gasteiger partial charge in [0, 0.05) is 0 Å². The molecule has 0 amide bonds. The van der Waals surface area contributed by atoms with E-state index in [1.54, 1.807) is 0 Å². The maximum absolute atomic E-state index is 3.36. The quantitative estimate of drug-likeness (QED) is 0.703. The Morgan fingerprint density at radius 2 is 1.87 bits per heavy atom. The number of hydrogen-bond donors (Lipinski definition) is 1. The standard InChI is InChI=1S/C14H23N/c1-4-15-10-6-5-7-14-9-8-12(2)13(3)11-14/h8-9,11,15H,4-7,10H2,1-3H3. The average Bonchev–Trinajstić information content (AvgIpc) is 2.23. The molecular weight excluding hydrogens is 182 g/mol. The summed E-state index contributed by atoms with van der Waals surface area (Å²) in [4.78, 5) is 0. The van der Waals surface area contributed by atoms with E-state index >= 15 is 0 Å². The van der Waals surface area contributed by atoms with Gasteiger partial charge in [0.1, 0.15) is 0 Å². The van der Waals surface area contributed by atoms with E-state index in [-0.39, 0.29) is 0 Å². The molecule has 1 heteroatoms. The fourth-order valence-corrected chi connectivity index (χ4v) is 1.71. The minimum Gasteiger partial charge on any atom is -0.317 e. The van der Waals surface area contributed by atoms with E-state index in [1.165, 1.54) is 36.0 Å². The van der Waals surface area contributed by atoms with Crippen molar-refractivity contribution in [1.29, 1.82) is 0 Å². The Balaban J connectivity index is 2.28. The van der Waals surface area contributed by atoms with Gasteiger partial charge >= 0.3 is 0 Å². The van der Waals surface area contributed by atoms with Crippen molar-refractivity contribution in [3.63, 3.8) is 0 Å². The summed E-state index contributed by atoms with van der Waals surface area (Å²) in [6.07, 6.45) is 3.78. The van der Waals surface area contributed by atoms with Gasteiger partial charge in [-0.1, -0.05) is 25.1 Å². The highest BCUT2D eigenvalue weighted by Crippen LogP contribution is 2.11. The van der Waals surface area contributed by atoms with Gasteiger partial charge in [-0.05, 0) is 62.9 Å². The molecule has 0 saturated heterocycles. The summed E-state index contributed by atoms with van der Waals surface area (Å²) in [6, 6.07) is 6.81. The Kier molecular flexibility index (Phi) is 5.41. The van der Waals surface area contributed by atoms with Gasteiger partial charge in [0.05, 0.1) is 0 Å². The smallest absolute Gasteiger partial charge is 0.00489 e. The number of aryl methyl sites for hydroxylation is 3. The molecular formula is C14H23N. The van der Waals surface area contributed by atoms with Crippen molar-refractivity contribution in [3.8, 4) is 0 Å². The maximum atomic E-state index is 3.36. The van der Waals surface area contributed by atoms with E-state index in [9.17, 15) is 0 Å². The molecule has 1 nitrogen and oxygen atoms in total. The third-order valence-electron chi connectivity index (χ3n) is 2.89. The van der Waals surface area contributed by atoms with Crippen LogP contribution in [0.2, 0.25) is 0 Å². The zero-order chi connectivity index (χ0) is 11.1. The lowest BCUT2D eigenvalue weighted by molar-refractivity contribution is 0.641. The van der Waals surface area contributed by atoms with Crippen molar-refractivity contribution in [1.82, 2.24) is 5.32 Å². The minimum absolute atomic E-state index is 1.09. The molecule has 15 heavy (non-hydrogen) atoms. The predicted molar refractivity (Wildman–Crippen MR) is 67.4 cm³/mol. The first-order valence-electron chi connectivity index (χ1n) is 6.01. The second-order valence-electron chi connectivity index (χ2n) is 4.23. The summed E-state index contributed by atoms with van der Waals surface area (Å²) in [6.45, 7) is 8.76. The van der Waals surface area contributed by atoms with Gasteiger partial charge in [-0.15, -0.1) is 0 Å². The molecule has 1 aromatic carbocycles. The predicted octanol–water partition coefficient (Wildman–Crippen LogP) is 3.24. The number of hydrogen-bond acceptors (Lipinski definition) is 1. The van der Waals surface area contributed by atoms with Crippen molar-refractivity contribution in [2.45, 2.75) is 40.0 Å².